The molecule has 0 spiro atoms. The number of rotatable bonds is 4. The Bertz CT molecular complexity index is 796. The molecule has 1 unspecified atom stereocenters. The van der Waals surface area contributed by atoms with Gasteiger partial charge in [0.2, 0.25) is 0 Å². The van der Waals surface area contributed by atoms with Crippen molar-refractivity contribution >= 4 is 22.6 Å². The predicted octanol–water partition coefficient (Wildman–Crippen LogP) is 3.89. The lowest BCUT2D eigenvalue weighted by Gasteiger charge is -2.20. The largest absolute Gasteiger partial charge is 0.497 e. The van der Waals surface area contributed by atoms with E-state index in [0.29, 0.717) is 5.56 Å². The van der Waals surface area contributed by atoms with E-state index in [4.69, 9.17) is 10.1 Å². The molecule has 0 radical (unpaired) electrons. The van der Waals surface area contributed by atoms with Crippen LogP contribution in [0.1, 0.15) is 21.8 Å². The molecule has 2 aromatic carbocycles. The van der Waals surface area contributed by atoms with Crippen LogP contribution in [0.15, 0.2) is 54.6 Å². The van der Waals surface area contributed by atoms with Crippen molar-refractivity contribution < 1.29 is 9.53 Å². The molecule has 1 saturated heterocycles. The Morgan fingerprint density at radius 2 is 1.83 bits per heavy atom. The molecule has 1 aliphatic rings. The number of nitrogens with one attached hydrogen (secondary N) is 1. The van der Waals surface area contributed by atoms with Crippen LogP contribution in [0.5, 0.6) is 5.75 Å². The Labute approximate surface area is 145 Å². The third kappa shape index (κ3) is 2.93. The summed E-state index contributed by atoms with van der Waals surface area (Å²) in [4.78, 5) is 12.9. The van der Waals surface area contributed by atoms with Crippen molar-refractivity contribution in [1.82, 2.24) is 0 Å². The normalized spacial score (nSPS) is 22.8. The van der Waals surface area contributed by atoms with Gasteiger partial charge in [-0.05, 0) is 17.7 Å². The number of methoxy groups -OCH3 is 1. The molecular formula is C19H16N2O2S. The minimum atomic E-state index is -0.596. The van der Waals surface area contributed by atoms with Crippen LogP contribution in [0.2, 0.25) is 0 Å². The average Bonchev–Trinajstić information content (AvgIpc) is 2.98. The second-order valence-corrected chi connectivity index (χ2v) is 6.72. The molecule has 0 bridgehead atoms. The molecule has 1 aliphatic heterocycles. The lowest BCUT2D eigenvalue weighted by atomic mass is 9.82. The van der Waals surface area contributed by atoms with Crippen molar-refractivity contribution in [3.63, 3.8) is 0 Å². The van der Waals surface area contributed by atoms with Crippen LogP contribution in [-0.4, -0.2) is 23.2 Å². The van der Waals surface area contributed by atoms with Crippen LogP contribution in [0.4, 0.5) is 0 Å². The van der Waals surface area contributed by atoms with Gasteiger partial charge < -0.3 is 4.74 Å². The minimum Gasteiger partial charge on any atom is -0.497 e. The summed E-state index contributed by atoms with van der Waals surface area (Å²) in [6, 6.07) is 18.6. The highest BCUT2D eigenvalue weighted by atomic mass is 32.2. The monoisotopic (exact) mass is 336 g/mol. The topological polar surface area (TPSA) is 73.9 Å². The van der Waals surface area contributed by atoms with Crippen LogP contribution >= 0.6 is 11.8 Å². The van der Waals surface area contributed by atoms with E-state index in [1.54, 1.807) is 19.2 Å². The maximum Gasteiger partial charge on any atom is 0.176 e. The Kier molecular flexibility index (Phi) is 4.68. The van der Waals surface area contributed by atoms with Crippen LogP contribution < -0.4 is 4.74 Å². The fourth-order valence-electron chi connectivity index (χ4n) is 2.94. The van der Waals surface area contributed by atoms with Gasteiger partial charge in [-0.3, -0.25) is 10.2 Å². The van der Waals surface area contributed by atoms with Crippen molar-refractivity contribution in [3.8, 4) is 11.8 Å². The number of hydrogen-bond acceptors (Lipinski definition) is 5. The standard InChI is InChI=1S/C19H16N2O2S/c1-23-14-9-7-12(8-10-14)16-15(11-20)19(21)24-18(16)17(22)13-5-3-2-4-6-13/h2-10,15-16,18,21H,1H3/t15?,16-,18-/m1/s1. The molecule has 0 aliphatic carbocycles. The van der Waals surface area contributed by atoms with Crippen LogP contribution in [0.3, 0.4) is 0 Å². The van der Waals surface area contributed by atoms with E-state index in [9.17, 15) is 10.1 Å². The minimum absolute atomic E-state index is 0.0380. The van der Waals surface area contributed by atoms with Crippen LogP contribution in [-0.2, 0) is 0 Å². The molecule has 3 rings (SSSR count). The summed E-state index contributed by atoms with van der Waals surface area (Å²) in [5, 5.41) is 17.4. The summed E-state index contributed by atoms with van der Waals surface area (Å²) in [6.45, 7) is 0. The molecule has 3 atom stereocenters. The van der Waals surface area contributed by atoms with E-state index in [1.807, 2.05) is 42.5 Å². The molecule has 4 nitrogen and oxygen atoms in total. The first kappa shape index (κ1) is 16.3. The Hall–Kier alpha value is -2.58. The van der Waals surface area contributed by atoms with Crippen molar-refractivity contribution in [2.75, 3.05) is 7.11 Å². The highest BCUT2D eigenvalue weighted by Gasteiger charge is 2.45. The van der Waals surface area contributed by atoms with Gasteiger partial charge in [-0.2, -0.15) is 5.26 Å². The first-order valence-electron chi connectivity index (χ1n) is 7.53. The third-order valence-electron chi connectivity index (χ3n) is 4.18. The van der Waals surface area contributed by atoms with Gasteiger partial charge in [-0.15, -0.1) is 0 Å². The van der Waals surface area contributed by atoms with E-state index in [-0.39, 0.29) is 16.7 Å². The zero-order valence-corrected chi connectivity index (χ0v) is 13.9. The molecule has 120 valence electrons. The number of Topliss-reactive ketones (excluding diaryl/α,β-unsaturated/α-hetero) is 1. The predicted molar refractivity (Wildman–Crippen MR) is 94.7 cm³/mol. The maximum absolute atomic E-state index is 12.9. The fourth-order valence-corrected chi connectivity index (χ4v) is 4.26. The Morgan fingerprint density at radius 1 is 1.17 bits per heavy atom. The first-order valence-corrected chi connectivity index (χ1v) is 8.41. The van der Waals surface area contributed by atoms with Crippen LogP contribution in [0.25, 0.3) is 0 Å². The number of carbonyl (C=O) groups is 1. The molecule has 1 fully saturated rings. The first-order chi connectivity index (χ1) is 11.7. The molecule has 0 amide bonds. The highest BCUT2D eigenvalue weighted by molar-refractivity contribution is 8.15. The van der Waals surface area contributed by atoms with Gasteiger partial charge in [0.1, 0.15) is 11.7 Å². The lowest BCUT2D eigenvalue weighted by molar-refractivity contribution is 0.0981. The summed E-state index contributed by atoms with van der Waals surface area (Å²) < 4.78 is 5.17. The number of nitriles is 1. The van der Waals surface area contributed by atoms with Gasteiger partial charge in [0, 0.05) is 11.5 Å². The molecule has 5 heteroatoms. The third-order valence-corrected chi connectivity index (χ3v) is 5.45. The van der Waals surface area contributed by atoms with Gasteiger partial charge in [-0.25, -0.2) is 0 Å². The van der Waals surface area contributed by atoms with E-state index in [1.165, 1.54) is 11.8 Å². The number of ether oxygens (including phenoxy) is 1. The molecule has 1 heterocycles. The quantitative estimate of drug-likeness (QED) is 0.860. The molecule has 2 aromatic rings. The summed E-state index contributed by atoms with van der Waals surface area (Å²) in [5.41, 5.74) is 1.49. The highest BCUT2D eigenvalue weighted by Crippen LogP contribution is 2.46. The smallest absolute Gasteiger partial charge is 0.176 e. The Morgan fingerprint density at radius 3 is 2.42 bits per heavy atom. The number of benzene rings is 2. The zero-order valence-electron chi connectivity index (χ0n) is 13.1. The van der Waals surface area contributed by atoms with E-state index in [2.05, 4.69) is 6.07 Å². The van der Waals surface area contributed by atoms with E-state index >= 15 is 0 Å². The molecule has 24 heavy (non-hydrogen) atoms. The second-order valence-electron chi connectivity index (χ2n) is 5.54. The fraction of sp³-hybridized carbons (Fsp3) is 0.211. The second kappa shape index (κ2) is 6.90. The number of hydrogen-bond donors (Lipinski definition) is 1. The van der Waals surface area contributed by atoms with E-state index in [0.717, 1.165) is 11.3 Å². The number of thioether (sulfide) groups is 1. The van der Waals surface area contributed by atoms with Gasteiger partial charge in [0.25, 0.3) is 0 Å². The summed E-state index contributed by atoms with van der Waals surface area (Å²) in [5.74, 6) is -0.241. The van der Waals surface area contributed by atoms with Crippen LogP contribution in [0, 0.1) is 22.7 Å². The zero-order chi connectivity index (χ0) is 17.1. The van der Waals surface area contributed by atoms with Crippen molar-refractivity contribution in [1.29, 1.82) is 10.7 Å². The lowest BCUT2D eigenvalue weighted by Crippen LogP contribution is -2.24. The maximum atomic E-state index is 12.9. The SMILES string of the molecule is COc1ccc([C@@H]2C(C#N)C(=N)S[C@H]2C(=O)c2ccccc2)cc1. The summed E-state index contributed by atoms with van der Waals surface area (Å²) >= 11 is 1.19. The molecular weight excluding hydrogens is 320 g/mol. The molecule has 0 aromatic heterocycles. The summed E-state index contributed by atoms with van der Waals surface area (Å²) in [6.07, 6.45) is 0. The van der Waals surface area contributed by atoms with Crippen molar-refractivity contribution in [2.24, 2.45) is 5.92 Å². The van der Waals surface area contributed by atoms with E-state index < -0.39 is 11.2 Å². The van der Waals surface area contributed by atoms with Gasteiger partial charge in [0.15, 0.2) is 5.78 Å². The van der Waals surface area contributed by atoms with Crippen molar-refractivity contribution in [3.05, 3.63) is 65.7 Å². The van der Waals surface area contributed by atoms with Gasteiger partial charge in [0.05, 0.1) is 23.5 Å². The summed E-state index contributed by atoms with van der Waals surface area (Å²) in [7, 11) is 1.59. The Balaban J connectivity index is 1.99. The average molecular weight is 336 g/mol. The number of carbonyl (C=O) groups excluding carboxylic acids is 1. The van der Waals surface area contributed by atoms with Crippen molar-refractivity contribution in [2.45, 2.75) is 11.2 Å². The molecule has 0 saturated carbocycles. The van der Waals surface area contributed by atoms with Gasteiger partial charge >= 0.3 is 0 Å². The number of nitrogens with zero attached hydrogens (tertiary/aromatic N) is 1. The number of ketones is 1. The molecule has 1 N–H and O–H groups in total. The van der Waals surface area contributed by atoms with Gasteiger partial charge in [-0.1, -0.05) is 54.2 Å².